The number of furan rings is 1. The van der Waals surface area contributed by atoms with Gasteiger partial charge in [0.15, 0.2) is 9.43 Å². The Hall–Kier alpha value is -3.57. The largest absolute Gasteiger partial charge is 0.448 e. The Morgan fingerprint density at radius 2 is 2.07 bits per heavy atom. The van der Waals surface area contributed by atoms with Gasteiger partial charge in [-0.1, -0.05) is 0 Å². The molecule has 0 spiro atoms. The van der Waals surface area contributed by atoms with Crippen LogP contribution in [0.2, 0.25) is 0 Å². The number of carbonyl (C=O) groups is 1. The summed E-state index contributed by atoms with van der Waals surface area (Å²) in [5.41, 5.74) is 3.58. The maximum Gasteiger partial charge on any atom is 0.271 e. The van der Waals surface area contributed by atoms with Crippen LogP contribution in [-0.2, 0) is 0 Å². The van der Waals surface area contributed by atoms with Gasteiger partial charge in [-0.3, -0.25) is 19.9 Å². The van der Waals surface area contributed by atoms with Crippen LogP contribution in [0.15, 0.2) is 73.8 Å². The fourth-order valence-corrected chi connectivity index (χ4v) is 4.32. The first-order valence-corrected chi connectivity index (χ1v) is 9.78. The van der Waals surface area contributed by atoms with Crippen molar-refractivity contribution in [2.45, 2.75) is 9.43 Å². The third kappa shape index (κ3) is 4.47. The zero-order chi connectivity index (χ0) is 20.2. The van der Waals surface area contributed by atoms with E-state index in [1.165, 1.54) is 53.8 Å². The fourth-order valence-electron chi connectivity index (χ4n) is 2.32. The maximum atomic E-state index is 11.9. The number of thiazole rings is 1. The Labute approximate surface area is 171 Å². The second-order valence-corrected chi connectivity index (χ2v) is 7.87. The number of fused-ring (bicyclic) bond motifs is 1. The van der Waals surface area contributed by atoms with E-state index in [9.17, 15) is 14.9 Å². The van der Waals surface area contributed by atoms with Gasteiger partial charge in [-0.2, -0.15) is 5.10 Å². The summed E-state index contributed by atoms with van der Waals surface area (Å²) in [7, 11) is 0. The molecule has 1 N–H and O–H groups in total. The lowest BCUT2D eigenvalue weighted by molar-refractivity contribution is -0.384. The van der Waals surface area contributed by atoms with Crippen molar-refractivity contribution in [3.05, 3.63) is 76.3 Å². The number of aromatic nitrogens is 2. The van der Waals surface area contributed by atoms with Crippen LogP contribution >= 0.6 is 23.1 Å². The monoisotopic (exact) mass is 425 g/mol. The molecule has 0 aliphatic carbocycles. The van der Waals surface area contributed by atoms with E-state index in [4.69, 9.17) is 4.42 Å². The van der Waals surface area contributed by atoms with Gasteiger partial charge in [0.1, 0.15) is 5.76 Å². The van der Waals surface area contributed by atoms with E-state index >= 15 is 0 Å². The number of nitro groups is 1. The third-order valence-electron chi connectivity index (χ3n) is 3.65. The van der Waals surface area contributed by atoms with Gasteiger partial charge >= 0.3 is 0 Å². The molecule has 0 aliphatic heterocycles. The topological polar surface area (TPSA) is 124 Å². The van der Waals surface area contributed by atoms with E-state index in [0.717, 1.165) is 4.70 Å². The lowest BCUT2D eigenvalue weighted by Gasteiger charge is -1.97. The minimum absolute atomic E-state index is 0.0306. The second-order valence-electron chi connectivity index (χ2n) is 5.58. The van der Waals surface area contributed by atoms with Crippen LogP contribution in [0.3, 0.4) is 0 Å². The number of hydrazone groups is 1. The number of benzene rings is 1. The smallest absolute Gasteiger partial charge is 0.271 e. The van der Waals surface area contributed by atoms with Gasteiger partial charge in [0, 0.05) is 30.1 Å². The minimum atomic E-state index is -0.433. The number of rotatable bonds is 6. The summed E-state index contributed by atoms with van der Waals surface area (Å²) in [6, 6.07) is 11.2. The minimum Gasteiger partial charge on any atom is -0.448 e. The highest BCUT2D eigenvalue weighted by Crippen LogP contribution is 2.36. The Morgan fingerprint density at radius 3 is 2.86 bits per heavy atom. The molecule has 9 nitrogen and oxygen atoms in total. The molecule has 0 saturated carbocycles. The van der Waals surface area contributed by atoms with Crippen LogP contribution in [0.25, 0.3) is 10.2 Å². The molecular weight excluding hydrogens is 414 g/mol. The van der Waals surface area contributed by atoms with Crippen LogP contribution in [0.5, 0.6) is 0 Å². The van der Waals surface area contributed by atoms with Gasteiger partial charge in [0.2, 0.25) is 0 Å². The molecular formula is C18H11N5O4S2. The number of nitro benzene ring substituents is 1. The molecule has 0 aliphatic rings. The molecule has 0 fully saturated rings. The van der Waals surface area contributed by atoms with Crippen LogP contribution in [-0.4, -0.2) is 27.0 Å². The number of carbonyl (C=O) groups excluding carboxylic acids is 1. The summed E-state index contributed by atoms with van der Waals surface area (Å²) in [6.07, 6.45) is 4.44. The van der Waals surface area contributed by atoms with Gasteiger partial charge in [0.05, 0.1) is 21.4 Å². The summed E-state index contributed by atoms with van der Waals surface area (Å²) in [5.74, 6) is 0.104. The first-order valence-electron chi connectivity index (χ1n) is 8.14. The molecule has 4 rings (SSSR count). The Morgan fingerprint density at radius 1 is 1.24 bits per heavy atom. The number of hydrogen-bond acceptors (Lipinski definition) is 9. The van der Waals surface area contributed by atoms with Gasteiger partial charge in [-0.05, 0) is 42.1 Å². The molecule has 3 heterocycles. The molecule has 0 saturated heterocycles. The molecule has 0 unspecified atom stereocenters. The third-order valence-corrected chi connectivity index (χ3v) is 5.65. The van der Waals surface area contributed by atoms with Crippen LogP contribution in [0, 0.1) is 10.1 Å². The van der Waals surface area contributed by atoms with E-state index in [1.54, 1.807) is 30.3 Å². The lowest BCUT2D eigenvalue weighted by atomic mass is 10.3. The number of nitrogens with zero attached hydrogens (tertiary/aromatic N) is 4. The van der Waals surface area contributed by atoms with Crippen molar-refractivity contribution in [3.8, 4) is 0 Å². The highest BCUT2D eigenvalue weighted by Gasteiger charge is 2.12. The molecule has 0 radical (unpaired) electrons. The van der Waals surface area contributed by atoms with Crippen molar-refractivity contribution < 1.29 is 14.1 Å². The summed E-state index contributed by atoms with van der Waals surface area (Å²) < 4.78 is 7.07. The number of nitrogens with one attached hydrogen (secondary N) is 1. The van der Waals surface area contributed by atoms with Crippen molar-refractivity contribution in [1.82, 2.24) is 15.4 Å². The average molecular weight is 425 g/mol. The summed E-state index contributed by atoms with van der Waals surface area (Å²) in [6.45, 7) is 0. The van der Waals surface area contributed by atoms with Gasteiger partial charge in [0.25, 0.3) is 11.6 Å². The van der Waals surface area contributed by atoms with Gasteiger partial charge in [-0.15, -0.1) is 11.3 Å². The number of hydrogen-bond donors (Lipinski definition) is 1. The Bertz CT molecular complexity index is 1220. The normalized spacial score (nSPS) is 11.2. The highest BCUT2D eigenvalue weighted by atomic mass is 32.2. The van der Waals surface area contributed by atoms with Crippen LogP contribution in [0.1, 0.15) is 16.1 Å². The van der Waals surface area contributed by atoms with Crippen molar-refractivity contribution in [1.29, 1.82) is 0 Å². The SMILES string of the molecule is O=C(N/N=C\c1ccc(Sc2nc3ccc([N+](=O)[O-])cc3s2)o1)c1ccncc1. The van der Waals surface area contributed by atoms with E-state index < -0.39 is 4.92 Å². The lowest BCUT2D eigenvalue weighted by Crippen LogP contribution is -2.17. The van der Waals surface area contributed by atoms with E-state index in [1.807, 2.05) is 0 Å². The molecule has 11 heteroatoms. The number of non-ortho nitro benzene ring substituents is 1. The van der Waals surface area contributed by atoms with Crippen molar-refractivity contribution in [3.63, 3.8) is 0 Å². The molecule has 3 aromatic heterocycles. The zero-order valence-corrected chi connectivity index (χ0v) is 16.1. The predicted molar refractivity (Wildman–Crippen MR) is 108 cm³/mol. The molecule has 4 aromatic rings. The van der Waals surface area contributed by atoms with E-state index in [-0.39, 0.29) is 11.6 Å². The zero-order valence-electron chi connectivity index (χ0n) is 14.5. The van der Waals surface area contributed by atoms with Crippen molar-refractivity contribution in [2.24, 2.45) is 5.10 Å². The standard InChI is InChI=1S/C18H11N5O4S2/c24-17(11-5-7-19-8-6-11)22-20-10-13-2-4-16(27-13)29-18-21-14-3-1-12(23(25)26)9-15(14)28-18/h1-10H,(H,22,24)/b20-10-. The average Bonchev–Trinajstić information content (AvgIpc) is 3.34. The Kier molecular flexibility index (Phi) is 5.31. The molecule has 29 heavy (non-hydrogen) atoms. The fraction of sp³-hybridized carbons (Fsp3) is 0. The quantitative estimate of drug-likeness (QED) is 0.280. The van der Waals surface area contributed by atoms with Crippen LogP contribution < -0.4 is 5.43 Å². The summed E-state index contributed by atoms with van der Waals surface area (Å²) in [4.78, 5) is 30.6. The van der Waals surface area contributed by atoms with Gasteiger partial charge < -0.3 is 4.42 Å². The molecule has 1 amide bonds. The molecule has 144 valence electrons. The van der Waals surface area contributed by atoms with Crippen molar-refractivity contribution in [2.75, 3.05) is 0 Å². The number of amides is 1. The maximum absolute atomic E-state index is 11.9. The van der Waals surface area contributed by atoms with Crippen LogP contribution in [0.4, 0.5) is 5.69 Å². The molecule has 1 aromatic carbocycles. The molecule has 0 bridgehead atoms. The number of pyridine rings is 1. The summed E-state index contributed by atoms with van der Waals surface area (Å²) in [5, 5.41) is 15.3. The predicted octanol–water partition coefficient (Wildman–Crippen LogP) is 4.11. The van der Waals surface area contributed by atoms with E-state index in [0.29, 0.717) is 26.3 Å². The molecule has 0 atom stereocenters. The van der Waals surface area contributed by atoms with Gasteiger partial charge in [-0.25, -0.2) is 10.4 Å². The first kappa shape index (κ1) is 18.8. The van der Waals surface area contributed by atoms with Crippen molar-refractivity contribution >= 4 is 51.1 Å². The highest BCUT2D eigenvalue weighted by molar-refractivity contribution is 8.01. The second kappa shape index (κ2) is 8.20. The summed E-state index contributed by atoms with van der Waals surface area (Å²) >= 11 is 2.64. The van der Waals surface area contributed by atoms with E-state index in [2.05, 4.69) is 20.5 Å². The first-order chi connectivity index (χ1) is 14.1. The Balaban J connectivity index is 1.41.